The monoisotopic (exact) mass is 290 g/mol. The summed E-state index contributed by atoms with van der Waals surface area (Å²) in [5.74, 6) is -1.40. The quantitative estimate of drug-likeness (QED) is 0.890. The minimum Gasteiger partial charge on any atom is -0.354 e. The highest BCUT2D eigenvalue weighted by atomic mass is 35.5. The van der Waals surface area contributed by atoms with E-state index in [4.69, 9.17) is 5.73 Å². The first-order valence-electron chi connectivity index (χ1n) is 5.93. The van der Waals surface area contributed by atoms with Crippen LogP contribution in [-0.4, -0.2) is 18.5 Å². The lowest BCUT2D eigenvalue weighted by Gasteiger charge is -2.18. The maximum atomic E-state index is 13.7. The lowest BCUT2D eigenvalue weighted by Crippen LogP contribution is -2.41. The van der Waals surface area contributed by atoms with Gasteiger partial charge >= 0.3 is 0 Å². The number of hydrogen-bond acceptors (Lipinski definition) is 2. The highest BCUT2D eigenvalue weighted by Crippen LogP contribution is 2.48. The van der Waals surface area contributed by atoms with E-state index in [2.05, 4.69) is 5.32 Å². The summed E-state index contributed by atoms with van der Waals surface area (Å²) in [6.07, 6.45) is 1.57. The molecule has 0 bridgehead atoms. The van der Waals surface area contributed by atoms with E-state index in [1.807, 2.05) is 0 Å². The average molecular weight is 291 g/mol. The first-order chi connectivity index (χ1) is 8.44. The minimum atomic E-state index is -0.591. The summed E-state index contributed by atoms with van der Waals surface area (Å²) in [5, 5.41) is 2.70. The summed E-state index contributed by atoms with van der Waals surface area (Å²) >= 11 is 0. The largest absolute Gasteiger partial charge is 0.354 e. The SMILES string of the molecule is CC(N)C(=O)NCC1(c2ccc(F)cc2F)CC1.Cl. The highest BCUT2D eigenvalue weighted by Gasteiger charge is 2.46. The zero-order valence-corrected chi connectivity index (χ0v) is 11.4. The van der Waals surface area contributed by atoms with Crippen LogP contribution in [0.2, 0.25) is 0 Å². The van der Waals surface area contributed by atoms with Gasteiger partial charge in [-0.25, -0.2) is 8.78 Å². The van der Waals surface area contributed by atoms with Crippen LogP contribution in [-0.2, 0) is 10.2 Å². The van der Waals surface area contributed by atoms with Crippen LogP contribution in [0.5, 0.6) is 0 Å². The molecule has 0 aromatic heterocycles. The van der Waals surface area contributed by atoms with Crippen LogP contribution in [0, 0.1) is 11.6 Å². The Kier molecular flexibility index (Phi) is 4.87. The van der Waals surface area contributed by atoms with E-state index in [0.717, 1.165) is 18.9 Å². The molecule has 3 N–H and O–H groups in total. The molecule has 19 heavy (non-hydrogen) atoms. The van der Waals surface area contributed by atoms with Crippen molar-refractivity contribution < 1.29 is 13.6 Å². The molecule has 0 aliphatic heterocycles. The number of amides is 1. The molecule has 0 radical (unpaired) electrons. The molecule has 1 aliphatic rings. The summed E-state index contributed by atoms with van der Waals surface area (Å²) in [6.45, 7) is 1.93. The number of rotatable bonds is 4. The maximum Gasteiger partial charge on any atom is 0.236 e. The number of halogens is 3. The van der Waals surface area contributed by atoms with E-state index >= 15 is 0 Å². The third-order valence-corrected chi connectivity index (χ3v) is 3.37. The fourth-order valence-corrected chi connectivity index (χ4v) is 2.03. The second-order valence-electron chi connectivity index (χ2n) is 4.91. The molecular weight excluding hydrogens is 274 g/mol. The van der Waals surface area contributed by atoms with Crippen LogP contribution in [0.1, 0.15) is 25.3 Å². The number of nitrogens with one attached hydrogen (secondary N) is 1. The van der Waals surface area contributed by atoms with Gasteiger partial charge in [-0.1, -0.05) is 6.07 Å². The zero-order valence-electron chi connectivity index (χ0n) is 10.6. The lowest BCUT2D eigenvalue weighted by molar-refractivity contribution is -0.122. The summed E-state index contributed by atoms with van der Waals surface area (Å²) in [6, 6.07) is 2.99. The predicted octanol–water partition coefficient (Wildman–Crippen LogP) is 1.88. The fourth-order valence-electron chi connectivity index (χ4n) is 2.03. The second kappa shape index (κ2) is 5.84. The number of carbonyl (C=O) groups excluding carboxylic acids is 1. The normalized spacial score (nSPS) is 17.3. The van der Waals surface area contributed by atoms with Crippen molar-refractivity contribution in [2.45, 2.75) is 31.2 Å². The molecule has 1 fully saturated rings. The van der Waals surface area contributed by atoms with Gasteiger partial charge in [0.05, 0.1) is 6.04 Å². The van der Waals surface area contributed by atoms with E-state index in [-0.39, 0.29) is 23.7 Å². The Bertz CT molecular complexity index is 476. The van der Waals surface area contributed by atoms with Gasteiger partial charge in [0.25, 0.3) is 0 Å². The summed E-state index contributed by atoms with van der Waals surface area (Å²) in [4.78, 5) is 11.4. The van der Waals surface area contributed by atoms with Crippen molar-refractivity contribution >= 4 is 18.3 Å². The van der Waals surface area contributed by atoms with Crippen LogP contribution >= 0.6 is 12.4 Å². The first-order valence-corrected chi connectivity index (χ1v) is 5.93. The van der Waals surface area contributed by atoms with Gasteiger partial charge in [-0.15, -0.1) is 12.4 Å². The van der Waals surface area contributed by atoms with Gasteiger partial charge in [0.2, 0.25) is 5.91 Å². The van der Waals surface area contributed by atoms with Crippen molar-refractivity contribution in [3.05, 3.63) is 35.4 Å². The number of hydrogen-bond donors (Lipinski definition) is 2. The molecule has 1 aromatic rings. The van der Waals surface area contributed by atoms with Gasteiger partial charge in [0, 0.05) is 18.0 Å². The van der Waals surface area contributed by atoms with E-state index in [9.17, 15) is 13.6 Å². The first kappa shape index (κ1) is 15.9. The topological polar surface area (TPSA) is 55.1 Å². The molecule has 2 rings (SSSR count). The summed E-state index contributed by atoms with van der Waals surface area (Å²) in [7, 11) is 0. The van der Waals surface area contributed by atoms with Crippen molar-refractivity contribution in [3.63, 3.8) is 0 Å². The molecule has 1 saturated carbocycles. The van der Waals surface area contributed by atoms with Gasteiger partial charge in [-0.3, -0.25) is 4.79 Å². The van der Waals surface area contributed by atoms with Gasteiger partial charge in [0.1, 0.15) is 11.6 Å². The number of nitrogens with two attached hydrogens (primary N) is 1. The summed E-state index contributed by atoms with van der Waals surface area (Å²) < 4.78 is 26.5. The average Bonchev–Trinajstić information content (AvgIpc) is 3.06. The molecule has 0 heterocycles. The molecular formula is C13H17ClF2N2O. The van der Waals surface area contributed by atoms with Crippen molar-refractivity contribution in [2.24, 2.45) is 5.73 Å². The standard InChI is InChI=1S/C13H16F2N2O.ClH/c1-8(16)12(18)17-7-13(4-5-13)10-3-2-9(14)6-11(10)15;/h2-3,6,8H,4-5,7,16H2,1H3,(H,17,18);1H. The van der Waals surface area contributed by atoms with Crippen LogP contribution in [0.4, 0.5) is 8.78 Å². The van der Waals surface area contributed by atoms with Gasteiger partial charge in [0.15, 0.2) is 0 Å². The predicted molar refractivity (Wildman–Crippen MR) is 71.2 cm³/mol. The Hall–Kier alpha value is -1.20. The zero-order chi connectivity index (χ0) is 13.3. The molecule has 1 aromatic carbocycles. The number of carbonyl (C=O) groups is 1. The van der Waals surface area contributed by atoms with Crippen molar-refractivity contribution in [2.75, 3.05) is 6.54 Å². The number of benzene rings is 1. The van der Waals surface area contributed by atoms with Crippen LogP contribution < -0.4 is 11.1 Å². The van der Waals surface area contributed by atoms with Crippen LogP contribution in [0.15, 0.2) is 18.2 Å². The molecule has 106 valence electrons. The molecule has 3 nitrogen and oxygen atoms in total. The van der Waals surface area contributed by atoms with E-state index < -0.39 is 17.7 Å². The Morgan fingerprint density at radius 2 is 2.11 bits per heavy atom. The molecule has 1 amide bonds. The van der Waals surface area contributed by atoms with E-state index in [1.54, 1.807) is 6.92 Å². The molecule has 6 heteroatoms. The van der Waals surface area contributed by atoms with Crippen LogP contribution in [0.25, 0.3) is 0 Å². The third-order valence-electron chi connectivity index (χ3n) is 3.37. The molecule has 0 saturated heterocycles. The van der Waals surface area contributed by atoms with Gasteiger partial charge < -0.3 is 11.1 Å². The molecule has 1 unspecified atom stereocenters. The third kappa shape index (κ3) is 3.42. The minimum absolute atomic E-state index is 0. The maximum absolute atomic E-state index is 13.7. The van der Waals surface area contributed by atoms with E-state index in [0.29, 0.717) is 12.1 Å². The Morgan fingerprint density at radius 1 is 1.47 bits per heavy atom. The van der Waals surface area contributed by atoms with Crippen molar-refractivity contribution in [1.82, 2.24) is 5.32 Å². The summed E-state index contributed by atoms with van der Waals surface area (Å²) in [5.41, 5.74) is 5.52. The van der Waals surface area contributed by atoms with Crippen molar-refractivity contribution in [3.8, 4) is 0 Å². The molecule has 1 aliphatic carbocycles. The second-order valence-corrected chi connectivity index (χ2v) is 4.91. The highest BCUT2D eigenvalue weighted by molar-refractivity contribution is 5.85. The fraction of sp³-hybridized carbons (Fsp3) is 0.462. The molecule has 1 atom stereocenters. The Balaban J connectivity index is 0.00000180. The van der Waals surface area contributed by atoms with Gasteiger partial charge in [-0.2, -0.15) is 0 Å². The van der Waals surface area contributed by atoms with E-state index in [1.165, 1.54) is 12.1 Å². The van der Waals surface area contributed by atoms with Gasteiger partial charge in [-0.05, 0) is 31.4 Å². The van der Waals surface area contributed by atoms with Crippen molar-refractivity contribution in [1.29, 1.82) is 0 Å². The molecule has 0 spiro atoms. The Labute approximate surface area is 117 Å². The Morgan fingerprint density at radius 3 is 2.58 bits per heavy atom. The smallest absolute Gasteiger partial charge is 0.236 e. The lowest BCUT2D eigenvalue weighted by atomic mass is 9.95. The van der Waals surface area contributed by atoms with Crippen LogP contribution in [0.3, 0.4) is 0 Å².